The van der Waals surface area contributed by atoms with Crippen LogP contribution in [0.1, 0.15) is 11.1 Å². The van der Waals surface area contributed by atoms with E-state index >= 15 is 0 Å². The van der Waals surface area contributed by atoms with Crippen LogP contribution in [0, 0.1) is 10.1 Å². The third kappa shape index (κ3) is 5.42. The maximum atomic E-state index is 13.7. The van der Waals surface area contributed by atoms with Crippen LogP contribution >= 0.6 is 11.8 Å². The molecule has 1 saturated heterocycles. The second-order valence-corrected chi connectivity index (χ2v) is 9.54. The number of hydrogen-bond acceptors (Lipinski definition) is 7. The molecule has 5 rings (SSSR count). The Bertz CT molecular complexity index is 1420. The van der Waals surface area contributed by atoms with E-state index in [1.165, 1.54) is 23.9 Å². The molecule has 1 aromatic heterocycles. The summed E-state index contributed by atoms with van der Waals surface area (Å²) in [5.74, 6) is 0.549. The van der Waals surface area contributed by atoms with Crippen molar-refractivity contribution in [2.45, 2.75) is 23.9 Å². The summed E-state index contributed by atoms with van der Waals surface area (Å²) in [6.07, 6.45) is 0.710. The van der Waals surface area contributed by atoms with E-state index in [4.69, 9.17) is 9.72 Å². The van der Waals surface area contributed by atoms with Gasteiger partial charge in [0, 0.05) is 43.2 Å². The number of nitro groups is 1. The molecule has 0 unspecified atom stereocenters. The number of thioether (sulfide) groups is 1. The molecule has 0 saturated carbocycles. The molecule has 0 N–H and O–H groups in total. The minimum Gasteiger partial charge on any atom is -0.378 e. The average molecular weight is 503 g/mol. The number of benzene rings is 3. The fourth-order valence-electron chi connectivity index (χ4n) is 4.26. The molecular formula is C27H26N4O4S. The third-order valence-corrected chi connectivity index (χ3v) is 7.31. The lowest BCUT2D eigenvalue weighted by Gasteiger charge is -2.29. The maximum absolute atomic E-state index is 13.7. The number of fused-ring (bicyclic) bond motifs is 1. The molecule has 1 aliphatic heterocycles. The lowest BCUT2D eigenvalue weighted by atomic mass is 10.1. The maximum Gasteiger partial charge on any atom is 0.269 e. The topological polar surface area (TPSA) is 90.5 Å². The van der Waals surface area contributed by atoms with Gasteiger partial charge >= 0.3 is 0 Å². The normalized spacial score (nSPS) is 13.7. The molecule has 0 amide bonds. The number of morpholine rings is 1. The summed E-state index contributed by atoms with van der Waals surface area (Å²) in [7, 11) is 0. The summed E-state index contributed by atoms with van der Waals surface area (Å²) in [5, 5.41) is 12.2. The standard InChI is InChI=1S/C27H26N4O4S/c32-26-24-18-23(29-14-16-35-17-15-29)10-11-25(24)28-27(30(26)13-12-20-4-2-1-3-5-20)36-19-21-6-8-22(9-7-21)31(33)34/h1-11,18H,12-17,19H2. The molecule has 0 bridgehead atoms. The van der Waals surface area contributed by atoms with E-state index in [1.807, 2.05) is 36.4 Å². The first kappa shape index (κ1) is 24.0. The van der Waals surface area contributed by atoms with Gasteiger partial charge in [-0.05, 0) is 35.7 Å². The summed E-state index contributed by atoms with van der Waals surface area (Å²) in [5.41, 5.74) is 3.75. The predicted octanol–water partition coefficient (Wildman–Crippen LogP) is 4.68. The lowest BCUT2D eigenvalue weighted by molar-refractivity contribution is -0.384. The van der Waals surface area contributed by atoms with Crippen LogP contribution in [-0.2, 0) is 23.5 Å². The van der Waals surface area contributed by atoms with E-state index in [9.17, 15) is 14.9 Å². The number of aromatic nitrogens is 2. The zero-order valence-electron chi connectivity index (χ0n) is 19.7. The number of nitrogens with zero attached hydrogens (tertiary/aromatic N) is 4. The average Bonchev–Trinajstić information content (AvgIpc) is 2.92. The Balaban J connectivity index is 1.47. The van der Waals surface area contributed by atoms with Crippen LogP contribution in [0.3, 0.4) is 0 Å². The molecule has 184 valence electrons. The number of ether oxygens (including phenoxy) is 1. The van der Waals surface area contributed by atoms with Crippen molar-refractivity contribution < 1.29 is 9.66 Å². The molecule has 36 heavy (non-hydrogen) atoms. The van der Waals surface area contributed by atoms with Crippen LogP contribution in [0.5, 0.6) is 0 Å². The first-order chi connectivity index (χ1) is 17.6. The fourth-order valence-corrected chi connectivity index (χ4v) is 5.24. The first-order valence-corrected chi connectivity index (χ1v) is 12.8. The molecule has 8 nitrogen and oxygen atoms in total. The monoisotopic (exact) mass is 502 g/mol. The van der Waals surface area contributed by atoms with Crippen molar-refractivity contribution in [1.82, 2.24) is 9.55 Å². The number of non-ortho nitro benzene ring substituents is 1. The van der Waals surface area contributed by atoms with E-state index in [2.05, 4.69) is 17.0 Å². The van der Waals surface area contributed by atoms with Crippen LogP contribution in [0.15, 0.2) is 82.7 Å². The van der Waals surface area contributed by atoms with E-state index in [1.54, 1.807) is 16.7 Å². The first-order valence-electron chi connectivity index (χ1n) is 11.9. The van der Waals surface area contributed by atoms with Gasteiger partial charge in [0.15, 0.2) is 5.16 Å². The van der Waals surface area contributed by atoms with Gasteiger partial charge in [0.05, 0.1) is 29.0 Å². The van der Waals surface area contributed by atoms with Crippen molar-refractivity contribution >= 4 is 34.0 Å². The number of anilines is 1. The van der Waals surface area contributed by atoms with Gasteiger partial charge in [0.25, 0.3) is 11.2 Å². The van der Waals surface area contributed by atoms with Gasteiger partial charge in [-0.15, -0.1) is 0 Å². The Morgan fingerprint density at radius 1 is 0.972 bits per heavy atom. The van der Waals surface area contributed by atoms with Gasteiger partial charge in [0.1, 0.15) is 0 Å². The predicted molar refractivity (Wildman–Crippen MR) is 142 cm³/mol. The summed E-state index contributed by atoms with van der Waals surface area (Å²) in [6, 6.07) is 22.4. The molecule has 1 fully saturated rings. The number of rotatable bonds is 8. The minimum atomic E-state index is -0.409. The quantitative estimate of drug-likeness (QED) is 0.150. The molecule has 4 aromatic rings. The second kappa shape index (κ2) is 10.9. The highest BCUT2D eigenvalue weighted by Gasteiger charge is 2.16. The van der Waals surface area contributed by atoms with Crippen LogP contribution in [-0.4, -0.2) is 40.8 Å². The van der Waals surface area contributed by atoms with Gasteiger partial charge in [-0.3, -0.25) is 19.5 Å². The Kier molecular flexibility index (Phi) is 7.29. The molecule has 2 heterocycles. The van der Waals surface area contributed by atoms with E-state index in [0.717, 1.165) is 29.9 Å². The third-order valence-electron chi connectivity index (χ3n) is 6.26. The fraction of sp³-hybridized carbons (Fsp3) is 0.259. The molecule has 0 aliphatic carbocycles. The van der Waals surface area contributed by atoms with Crippen LogP contribution < -0.4 is 10.5 Å². The van der Waals surface area contributed by atoms with Crippen LogP contribution in [0.25, 0.3) is 10.9 Å². The largest absolute Gasteiger partial charge is 0.378 e. The van der Waals surface area contributed by atoms with Crippen molar-refractivity contribution in [1.29, 1.82) is 0 Å². The van der Waals surface area contributed by atoms with E-state index < -0.39 is 4.92 Å². The Labute approximate surface area is 212 Å². The van der Waals surface area contributed by atoms with Crippen LogP contribution in [0.2, 0.25) is 0 Å². The Morgan fingerprint density at radius 2 is 1.72 bits per heavy atom. The van der Waals surface area contributed by atoms with E-state index in [-0.39, 0.29) is 11.2 Å². The molecule has 0 spiro atoms. The summed E-state index contributed by atoms with van der Waals surface area (Å²) in [4.78, 5) is 31.4. The van der Waals surface area contributed by atoms with Gasteiger partial charge < -0.3 is 9.64 Å². The highest BCUT2D eigenvalue weighted by molar-refractivity contribution is 7.98. The molecule has 0 radical (unpaired) electrons. The van der Waals surface area contributed by atoms with Gasteiger partial charge in [-0.25, -0.2) is 4.98 Å². The molecular weight excluding hydrogens is 476 g/mol. The summed E-state index contributed by atoms with van der Waals surface area (Å²) >= 11 is 1.47. The smallest absolute Gasteiger partial charge is 0.269 e. The van der Waals surface area contributed by atoms with Crippen molar-refractivity contribution in [2.24, 2.45) is 0 Å². The minimum absolute atomic E-state index is 0.0581. The number of aryl methyl sites for hydroxylation is 1. The summed E-state index contributed by atoms with van der Waals surface area (Å²) < 4.78 is 7.23. The van der Waals surface area contributed by atoms with Gasteiger partial charge in [-0.2, -0.15) is 0 Å². The Hall–Kier alpha value is -3.69. The highest BCUT2D eigenvalue weighted by Crippen LogP contribution is 2.26. The SMILES string of the molecule is O=c1c2cc(N3CCOCC3)ccc2nc(SCc2ccc([N+](=O)[O-])cc2)n1CCc1ccccc1. The van der Waals surface area contributed by atoms with Crippen molar-refractivity contribution in [3.05, 3.63) is 104 Å². The van der Waals surface area contributed by atoms with Crippen LogP contribution in [0.4, 0.5) is 11.4 Å². The number of nitro benzene ring substituents is 1. The zero-order chi connectivity index (χ0) is 24.9. The molecule has 0 atom stereocenters. The van der Waals surface area contributed by atoms with Gasteiger partial charge in [-0.1, -0.05) is 54.2 Å². The molecule has 9 heteroatoms. The summed E-state index contributed by atoms with van der Waals surface area (Å²) in [6.45, 7) is 3.45. The highest BCUT2D eigenvalue weighted by atomic mass is 32.2. The van der Waals surface area contributed by atoms with Crippen molar-refractivity contribution in [3.8, 4) is 0 Å². The van der Waals surface area contributed by atoms with Crippen molar-refractivity contribution in [2.75, 3.05) is 31.2 Å². The Morgan fingerprint density at radius 3 is 2.44 bits per heavy atom. The van der Waals surface area contributed by atoms with E-state index in [0.29, 0.717) is 48.0 Å². The molecule has 3 aromatic carbocycles. The second-order valence-electron chi connectivity index (χ2n) is 8.60. The van der Waals surface area contributed by atoms with Crippen molar-refractivity contribution in [3.63, 3.8) is 0 Å². The van der Waals surface area contributed by atoms with Gasteiger partial charge in [0.2, 0.25) is 0 Å². The lowest BCUT2D eigenvalue weighted by Crippen LogP contribution is -2.36. The zero-order valence-corrected chi connectivity index (χ0v) is 20.5. The number of hydrogen-bond donors (Lipinski definition) is 0. The molecule has 1 aliphatic rings.